The Kier molecular flexibility index (Phi) is 6.60. The Morgan fingerprint density at radius 2 is 1.65 bits per heavy atom. The number of fused-ring (bicyclic) bond motifs is 1. The largest absolute Gasteiger partial charge is 0.457 e. The van der Waals surface area contributed by atoms with Gasteiger partial charge in [0.1, 0.15) is 23.6 Å². The summed E-state index contributed by atoms with van der Waals surface area (Å²) in [6, 6.07) is 29.4. The van der Waals surface area contributed by atoms with Crippen LogP contribution in [0.3, 0.4) is 0 Å². The monoisotopic (exact) mass is 530 g/mol. The summed E-state index contributed by atoms with van der Waals surface area (Å²) < 4.78 is 6.95. The molecule has 0 saturated carbocycles. The Balaban J connectivity index is 1.32. The molecule has 0 bridgehead atoms. The molecule has 0 spiro atoms. The first-order chi connectivity index (χ1) is 16.6. The second-order valence-electron chi connectivity index (χ2n) is 7.65. The second-order valence-corrected chi connectivity index (χ2v) is 9.00. The number of hydrogen-bond donors (Lipinski definition) is 2. The quantitative estimate of drug-likeness (QED) is 0.222. The highest BCUT2D eigenvalue weighted by Crippen LogP contribution is 2.28. The lowest BCUT2D eigenvalue weighted by Crippen LogP contribution is -2.01. The minimum Gasteiger partial charge on any atom is -0.457 e. The van der Waals surface area contributed by atoms with Crippen LogP contribution >= 0.6 is 27.5 Å². The van der Waals surface area contributed by atoms with E-state index in [0.717, 1.165) is 49.6 Å². The van der Waals surface area contributed by atoms with Crippen LogP contribution in [0.15, 0.2) is 102 Å². The van der Waals surface area contributed by atoms with E-state index in [0.29, 0.717) is 11.6 Å². The highest BCUT2D eigenvalue weighted by atomic mass is 79.9. The van der Waals surface area contributed by atoms with Gasteiger partial charge < -0.3 is 15.4 Å². The molecule has 0 amide bonds. The molecule has 1 heterocycles. The summed E-state index contributed by atoms with van der Waals surface area (Å²) in [4.78, 5) is 8.86. The van der Waals surface area contributed by atoms with Gasteiger partial charge >= 0.3 is 0 Å². The molecule has 0 atom stereocenters. The maximum absolute atomic E-state index is 5.95. The number of aromatic nitrogens is 2. The van der Waals surface area contributed by atoms with Gasteiger partial charge in [0.15, 0.2) is 0 Å². The molecule has 0 unspecified atom stereocenters. The van der Waals surface area contributed by atoms with Crippen LogP contribution in [0, 0.1) is 0 Å². The normalized spacial score (nSPS) is 10.8. The van der Waals surface area contributed by atoms with Crippen LogP contribution < -0.4 is 15.4 Å². The van der Waals surface area contributed by atoms with Crippen molar-refractivity contribution < 1.29 is 4.74 Å². The van der Waals surface area contributed by atoms with Crippen molar-refractivity contribution in [2.24, 2.45) is 0 Å². The molecule has 7 heteroatoms. The van der Waals surface area contributed by atoms with Gasteiger partial charge in [0.25, 0.3) is 0 Å². The molecule has 168 valence electrons. The average Bonchev–Trinajstić information content (AvgIpc) is 2.85. The molecule has 2 N–H and O–H groups in total. The lowest BCUT2D eigenvalue weighted by atomic mass is 10.1. The molecule has 1 aromatic heterocycles. The number of rotatable bonds is 7. The summed E-state index contributed by atoms with van der Waals surface area (Å²) in [7, 11) is 0. The maximum Gasteiger partial charge on any atom is 0.141 e. The van der Waals surface area contributed by atoms with E-state index in [2.05, 4.69) is 48.7 Å². The van der Waals surface area contributed by atoms with Crippen LogP contribution in [-0.4, -0.2) is 9.97 Å². The third-order valence-corrected chi connectivity index (χ3v) is 5.91. The fourth-order valence-electron chi connectivity index (χ4n) is 3.53. The topological polar surface area (TPSA) is 59.1 Å². The first-order valence-corrected chi connectivity index (χ1v) is 11.8. The first-order valence-electron chi connectivity index (χ1n) is 10.7. The van der Waals surface area contributed by atoms with Crippen molar-refractivity contribution in [3.63, 3.8) is 0 Å². The van der Waals surface area contributed by atoms with Crippen LogP contribution in [0.5, 0.6) is 11.5 Å². The Hall–Kier alpha value is -3.61. The summed E-state index contributed by atoms with van der Waals surface area (Å²) in [5.41, 5.74) is 3.90. The van der Waals surface area contributed by atoms with Crippen molar-refractivity contribution in [2.75, 3.05) is 10.6 Å². The number of ether oxygens (including phenoxy) is 1. The lowest BCUT2D eigenvalue weighted by molar-refractivity contribution is 0.482. The number of nitrogens with one attached hydrogen (secondary N) is 2. The van der Waals surface area contributed by atoms with E-state index in [1.165, 1.54) is 0 Å². The number of halogens is 2. The second kappa shape index (κ2) is 10.1. The zero-order valence-corrected chi connectivity index (χ0v) is 20.3. The van der Waals surface area contributed by atoms with Crippen LogP contribution in [0.1, 0.15) is 5.56 Å². The molecule has 0 radical (unpaired) electrons. The zero-order chi connectivity index (χ0) is 23.3. The molecule has 34 heavy (non-hydrogen) atoms. The highest BCUT2D eigenvalue weighted by molar-refractivity contribution is 9.10. The number of benzene rings is 4. The molecule has 5 rings (SSSR count). The highest BCUT2D eigenvalue weighted by Gasteiger charge is 2.07. The van der Waals surface area contributed by atoms with Crippen LogP contribution in [0.4, 0.5) is 17.2 Å². The van der Waals surface area contributed by atoms with Crippen molar-refractivity contribution >= 4 is 55.6 Å². The van der Waals surface area contributed by atoms with Gasteiger partial charge in [0, 0.05) is 32.8 Å². The molecule has 0 aliphatic carbocycles. The third-order valence-electron chi connectivity index (χ3n) is 5.17. The number of hydrogen-bond acceptors (Lipinski definition) is 5. The molecular weight excluding hydrogens is 512 g/mol. The molecule has 0 aliphatic rings. The van der Waals surface area contributed by atoms with Gasteiger partial charge in [0.05, 0.1) is 5.52 Å². The average molecular weight is 532 g/mol. The molecule has 0 fully saturated rings. The van der Waals surface area contributed by atoms with E-state index < -0.39 is 0 Å². The van der Waals surface area contributed by atoms with Gasteiger partial charge in [-0.05, 0) is 78.4 Å². The van der Waals surface area contributed by atoms with Crippen molar-refractivity contribution in [3.8, 4) is 11.5 Å². The smallest absolute Gasteiger partial charge is 0.141 e. The van der Waals surface area contributed by atoms with E-state index in [-0.39, 0.29) is 0 Å². The summed E-state index contributed by atoms with van der Waals surface area (Å²) in [5.74, 6) is 2.27. The van der Waals surface area contributed by atoms with Gasteiger partial charge in [0.2, 0.25) is 0 Å². The lowest BCUT2D eigenvalue weighted by Gasteiger charge is -2.12. The molecule has 5 aromatic rings. The van der Waals surface area contributed by atoms with E-state index >= 15 is 0 Å². The number of anilines is 3. The van der Waals surface area contributed by atoms with Crippen molar-refractivity contribution in [1.29, 1.82) is 0 Å². The van der Waals surface area contributed by atoms with Crippen molar-refractivity contribution in [2.45, 2.75) is 6.54 Å². The predicted octanol–water partition coefficient (Wildman–Crippen LogP) is 8.19. The molecule has 0 saturated heterocycles. The minimum atomic E-state index is 0.644. The van der Waals surface area contributed by atoms with Gasteiger partial charge in [-0.25, -0.2) is 9.97 Å². The fourth-order valence-corrected chi connectivity index (χ4v) is 4.06. The zero-order valence-electron chi connectivity index (χ0n) is 18.0. The summed E-state index contributed by atoms with van der Waals surface area (Å²) >= 11 is 9.46. The third kappa shape index (κ3) is 5.47. The number of nitrogens with zero attached hydrogens (tertiary/aromatic N) is 2. The Morgan fingerprint density at radius 3 is 2.50 bits per heavy atom. The van der Waals surface area contributed by atoms with E-state index in [9.17, 15) is 0 Å². The Morgan fingerprint density at radius 1 is 0.794 bits per heavy atom. The summed E-state index contributed by atoms with van der Waals surface area (Å²) in [6.07, 6.45) is 1.57. The van der Waals surface area contributed by atoms with Gasteiger partial charge in [-0.15, -0.1) is 0 Å². The maximum atomic E-state index is 5.95. The van der Waals surface area contributed by atoms with Crippen LogP contribution in [-0.2, 0) is 6.54 Å². The van der Waals surface area contributed by atoms with Crippen molar-refractivity contribution in [1.82, 2.24) is 9.97 Å². The van der Waals surface area contributed by atoms with Gasteiger partial charge in [-0.2, -0.15) is 0 Å². The molecule has 0 aliphatic heterocycles. The van der Waals surface area contributed by atoms with Crippen LogP contribution in [0.25, 0.3) is 10.9 Å². The molecular formula is C27H20BrClN4O. The van der Waals surface area contributed by atoms with E-state index in [1.807, 2.05) is 78.9 Å². The van der Waals surface area contributed by atoms with E-state index in [4.69, 9.17) is 16.3 Å². The summed E-state index contributed by atoms with van der Waals surface area (Å²) in [5, 5.41) is 8.50. The first kappa shape index (κ1) is 22.2. The predicted molar refractivity (Wildman–Crippen MR) is 142 cm³/mol. The summed E-state index contributed by atoms with van der Waals surface area (Å²) in [6.45, 7) is 0.644. The Labute approximate surface area is 210 Å². The SMILES string of the molecule is Clc1ccc(Oc2cccc(CNc3ccc4ncnc(Nc5cccc(Br)c5)c4c3)c2)cc1. The molecule has 4 aromatic carbocycles. The van der Waals surface area contributed by atoms with Crippen molar-refractivity contribution in [3.05, 3.63) is 112 Å². The molecule has 5 nitrogen and oxygen atoms in total. The van der Waals surface area contributed by atoms with E-state index in [1.54, 1.807) is 6.33 Å². The van der Waals surface area contributed by atoms with Crippen LogP contribution in [0.2, 0.25) is 5.02 Å². The van der Waals surface area contributed by atoms with Gasteiger partial charge in [-0.1, -0.05) is 45.7 Å². The Bertz CT molecular complexity index is 1440. The van der Waals surface area contributed by atoms with Gasteiger partial charge in [-0.3, -0.25) is 0 Å². The minimum absolute atomic E-state index is 0.644. The fraction of sp³-hybridized carbons (Fsp3) is 0.0370. The standard InChI is InChI=1S/C27H20BrClN4O/c28-19-4-2-5-22(14-19)33-27-25-15-21(9-12-26(25)31-17-32-27)30-16-18-3-1-6-24(13-18)34-23-10-7-20(29)8-11-23/h1-15,17,30H,16H2,(H,31,32,33).